The van der Waals surface area contributed by atoms with E-state index in [1.807, 2.05) is 6.92 Å². The van der Waals surface area contributed by atoms with E-state index in [1.165, 1.54) is 0 Å². The highest BCUT2D eigenvalue weighted by atomic mass is 16.4. The summed E-state index contributed by atoms with van der Waals surface area (Å²) in [6.45, 7) is 5.21. The van der Waals surface area contributed by atoms with Crippen LogP contribution in [0.5, 0.6) is 0 Å². The molecular weight excluding hydrogens is 220 g/mol. The van der Waals surface area contributed by atoms with Gasteiger partial charge >= 0.3 is 5.97 Å². The van der Waals surface area contributed by atoms with E-state index in [4.69, 9.17) is 5.11 Å². The largest absolute Gasteiger partial charge is 0.481 e. The molecule has 1 atom stereocenters. The fourth-order valence-electron chi connectivity index (χ4n) is 3.01. The Morgan fingerprint density at radius 3 is 2.41 bits per heavy atom. The first-order chi connectivity index (χ1) is 8.03. The third-order valence-corrected chi connectivity index (χ3v) is 4.28. The summed E-state index contributed by atoms with van der Waals surface area (Å²) >= 11 is 0. The van der Waals surface area contributed by atoms with Crippen molar-refractivity contribution in [1.82, 2.24) is 10.2 Å². The van der Waals surface area contributed by atoms with Crippen LogP contribution < -0.4 is 5.32 Å². The van der Waals surface area contributed by atoms with Crippen LogP contribution in [-0.2, 0) is 4.79 Å². The fourth-order valence-corrected chi connectivity index (χ4v) is 3.01. The average Bonchev–Trinajstić information content (AvgIpc) is 2.23. The molecule has 2 saturated heterocycles. The lowest BCUT2D eigenvalue weighted by Crippen LogP contribution is -2.70. The van der Waals surface area contributed by atoms with Crippen LogP contribution in [0, 0.1) is 5.92 Å². The molecule has 1 unspecified atom stereocenters. The minimum Gasteiger partial charge on any atom is -0.481 e. The molecule has 0 aromatic heterocycles. The molecule has 0 aromatic carbocycles. The molecule has 2 rings (SSSR count). The van der Waals surface area contributed by atoms with Crippen molar-refractivity contribution < 1.29 is 15.0 Å². The van der Waals surface area contributed by atoms with Crippen LogP contribution in [0.15, 0.2) is 0 Å². The van der Waals surface area contributed by atoms with Crippen LogP contribution >= 0.6 is 0 Å². The van der Waals surface area contributed by atoms with Crippen molar-refractivity contribution in [2.24, 2.45) is 5.92 Å². The minimum absolute atomic E-state index is 0.171. The zero-order valence-corrected chi connectivity index (χ0v) is 10.4. The van der Waals surface area contributed by atoms with Gasteiger partial charge in [-0.2, -0.15) is 0 Å². The molecule has 2 heterocycles. The first kappa shape index (κ1) is 12.8. The lowest BCUT2D eigenvalue weighted by atomic mass is 9.82. The number of aliphatic hydroxyl groups is 1. The molecule has 2 aliphatic rings. The number of nitrogens with zero attached hydrogens (tertiary/aromatic N) is 1. The molecule has 0 amide bonds. The van der Waals surface area contributed by atoms with Crippen molar-refractivity contribution in [3.8, 4) is 0 Å². The number of carboxylic acid groups (broad SMARTS) is 1. The van der Waals surface area contributed by atoms with Crippen LogP contribution in [0.2, 0.25) is 0 Å². The van der Waals surface area contributed by atoms with Gasteiger partial charge in [-0.05, 0) is 38.8 Å². The van der Waals surface area contributed by atoms with Crippen molar-refractivity contribution in [3.05, 3.63) is 0 Å². The molecule has 17 heavy (non-hydrogen) atoms. The number of piperidine rings is 1. The Hall–Kier alpha value is -0.650. The monoisotopic (exact) mass is 242 g/mol. The van der Waals surface area contributed by atoms with Gasteiger partial charge in [-0.1, -0.05) is 0 Å². The molecule has 5 nitrogen and oxygen atoms in total. The van der Waals surface area contributed by atoms with Crippen molar-refractivity contribution >= 4 is 5.97 Å². The van der Waals surface area contributed by atoms with Crippen molar-refractivity contribution in [1.29, 1.82) is 0 Å². The second-order valence-electron chi connectivity index (χ2n) is 5.46. The quantitative estimate of drug-likeness (QED) is 0.642. The average molecular weight is 242 g/mol. The van der Waals surface area contributed by atoms with Gasteiger partial charge in [0, 0.05) is 13.1 Å². The van der Waals surface area contributed by atoms with Gasteiger partial charge in [0.2, 0.25) is 0 Å². The molecular formula is C12H22N2O3. The number of likely N-dealkylation sites (tertiary alicyclic amines) is 1. The summed E-state index contributed by atoms with van der Waals surface area (Å²) in [4.78, 5) is 13.2. The lowest BCUT2D eigenvalue weighted by Gasteiger charge is -2.52. The number of carbonyl (C=O) groups is 1. The van der Waals surface area contributed by atoms with Gasteiger partial charge in [-0.3, -0.25) is 9.69 Å². The highest BCUT2D eigenvalue weighted by molar-refractivity contribution is 5.68. The van der Waals surface area contributed by atoms with Gasteiger partial charge in [-0.15, -0.1) is 0 Å². The summed E-state index contributed by atoms with van der Waals surface area (Å²) < 4.78 is 0. The maximum atomic E-state index is 10.9. The van der Waals surface area contributed by atoms with Gasteiger partial charge in [0.15, 0.2) is 0 Å². The molecule has 0 aliphatic carbocycles. The molecule has 0 saturated carbocycles. The third kappa shape index (κ3) is 2.61. The summed E-state index contributed by atoms with van der Waals surface area (Å²) in [5.41, 5.74) is -0.171. The maximum absolute atomic E-state index is 10.9. The molecule has 2 aliphatic heterocycles. The standard InChI is InChI=1S/C12H22N2O3/c1-9(15)10-2-4-14(5-3-10)12(6-11(16)17)7-13-8-12/h9-10,13,15H,2-8H2,1H3,(H,16,17). The number of rotatable bonds is 4. The smallest absolute Gasteiger partial charge is 0.305 e. The first-order valence-electron chi connectivity index (χ1n) is 6.39. The molecule has 0 bridgehead atoms. The Balaban J connectivity index is 1.92. The molecule has 2 fully saturated rings. The van der Waals surface area contributed by atoms with E-state index in [0.29, 0.717) is 5.92 Å². The van der Waals surface area contributed by atoms with E-state index >= 15 is 0 Å². The van der Waals surface area contributed by atoms with E-state index in [9.17, 15) is 9.90 Å². The van der Waals surface area contributed by atoms with E-state index < -0.39 is 5.97 Å². The number of aliphatic hydroxyl groups excluding tert-OH is 1. The predicted octanol–water partition coefficient (Wildman–Crippen LogP) is -0.104. The van der Waals surface area contributed by atoms with E-state index in [-0.39, 0.29) is 18.1 Å². The topological polar surface area (TPSA) is 72.8 Å². The highest BCUT2D eigenvalue weighted by Gasteiger charge is 2.45. The number of carboxylic acids is 1. The van der Waals surface area contributed by atoms with Gasteiger partial charge in [0.25, 0.3) is 0 Å². The molecule has 0 radical (unpaired) electrons. The van der Waals surface area contributed by atoms with E-state index in [0.717, 1.165) is 39.0 Å². The van der Waals surface area contributed by atoms with Crippen LogP contribution in [0.1, 0.15) is 26.2 Å². The first-order valence-corrected chi connectivity index (χ1v) is 6.39. The summed E-state index contributed by atoms with van der Waals surface area (Å²) in [5.74, 6) is -0.342. The third-order valence-electron chi connectivity index (χ3n) is 4.28. The second kappa shape index (κ2) is 4.92. The molecule has 0 aromatic rings. The number of hydrogen-bond donors (Lipinski definition) is 3. The maximum Gasteiger partial charge on any atom is 0.305 e. The second-order valence-corrected chi connectivity index (χ2v) is 5.46. The molecule has 0 spiro atoms. The Morgan fingerprint density at radius 1 is 1.47 bits per heavy atom. The number of hydrogen-bond acceptors (Lipinski definition) is 4. The van der Waals surface area contributed by atoms with E-state index in [2.05, 4.69) is 10.2 Å². The molecule has 3 N–H and O–H groups in total. The lowest BCUT2D eigenvalue weighted by molar-refractivity contribution is -0.142. The zero-order valence-electron chi connectivity index (χ0n) is 10.4. The Morgan fingerprint density at radius 2 is 2.06 bits per heavy atom. The van der Waals surface area contributed by atoms with Crippen LogP contribution in [-0.4, -0.2) is 58.9 Å². The Bertz CT molecular complexity index is 281. The van der Waals surface area contributed by atoms with Crippen molar-refractivity contribution in [2.45, 2.75) is 37.8 Å². The van der Waals surface area contributed by atoms with Crippen LogP contribution in [0.4, 0.5) is 0 Å². The summed E-state index contributed by atoms with van der Waals surface area (Å²) in [6, 6.07) is 0. The van der Waals surface area contributed by atoms with Gasteiger partial charge in [-0.25, -0.2) is 0 Å². The molecule has 5 heteroatoms. The molecule has 98 valence electrons. The van der Waals surface area contributed by atoms with Crippen LogP contribution in [0.25, 0.3) is 0 Å². The van der Waals surface area contributed by atoms with Gasteiger partial charge in [0.1, 0.15) is 0 Å². The normalized spacial score (nSPS) is 27.4. The summed E-state index contributed by atoms with van der Waals surface area (Å²) in [6.07, 6.45) is 1.92. The number of nitrogens with one attached hydrogen (secondary N) is 1. The van der Waals surface area contributed by atoms with Gasteiger partial charge in [0.05, 0.1) is 18.1 Å². The highest BCUT2D eigenvalue weighted by Crippen LogP contribution is 2.31. The minimum atomic E-state index is -0.718. The van der Waals surface area contributed by atoms with Crippen molar-refractivity contribution in [3.63, 3.8) is 0 Å². The van der Waals surface area contributed by atoms with E-state index in [1.54, 1.807) is 0 Å². The zero-order chi connectivity index (χ0) is 12.5. The Kier molecular flexibility index (Phi) is 3.70. The summed E-state index contributed by atoms with van der Waals surface area (Å²) in [7, 11) is 0. The SMILES string of the molecule is CC(O)C1CCN(C2(CC(=O)O)CNC2)CC1. The fraction of sp³-hybridized carbons (Fsp3) is 0.917. The van der Waals surface area contributed by atoms with Crippen LogP contribution in [0.3, 0.4) is 0 Å². The Labute approximate surface area is 102 Å². The number of aliphatic carboxylic acids is 1. The summed E-state index contributed by atoms with van der Waals surface area (Å²) in [5, 5.41) is 21.7. The van der Waals surface area contributed by atoms with Gasteiger partial charge < -0.3 is 15.5 Å². The predicted molar refractivity (Wildman–Crippen MR) is 63.8 cm³/mol. The van der Waals surface area contributed by atoms with Crippen molar-refractivity contribution in [2.75, 3.05) is 26.2 Å².